The maximum Gasteiger partial charge on any atom is 0.129 e. The third-order valence-electron chi connectivity index (χ3n) is 6.40. The Bertz CT molecular complexity index is 1210. The van der Waals surface area contributed by atoms with E-state index in [1.165, 1.54) is 27.6 Å². The molecule has 3 heteroatoms. The number of hydrogen-bond acceptors (Lipinski definition) is 2. The van der Waals surface area contributed by atoms with E-state index in [2.05, 4.69) is 120 Å². The average Bonchev–Trinajstić information content (AvgIpc) is 3.03. The summed E-state index contributed by atoms with van der Waals surface area (Å²) in [7, 11) is 0. The molecule has 1 fully saturated rings. The first-order valence-corrected chi connectivity index (χ1v) is 11.4. The van der Waals surface area contributed by atoms with Gasteiger partial charge in [-0.3, -0.25) is 4.99 Å². The van der Waals surface area contributed by atoms with Crippen molar-refractivity contribution >= 4 is 22.3 Å². The van der Waals surface area contributed by atoms with Crippen molar-refractivity contribution in [3.05, 3.63) is 114 Å². The van der Waals surface area contributed by atoms with E-state index < -0.39 is 0 Å². The number of hydrogen-bond donors (Lipinski definition) is 1. The normalized spacial score (nSPS) is 20.4. The number of fused-ring (bicyclic) bond motifs is 1. The maximum atomic E-state index is 5.29. The Hall–Kier alpha value is -3.43. The lowest BCUT2D eigenvalue weighted by Crippen LogP contribution is -2.52. The number of nitrogens with one attached hydrogen (secondary N) is 1. The Morgan fingerprint density at radius 1 is 0.812 bits per heavy atom. The van der Waals surface area contributed by atoms with Gasteiger partial charge in [0.05, 0.1) is 12.1 Å². The summed E-state index contributed by atoms with van der Waals surface area (Å²) < 4.78 is 0. The van der Waals surface area contributed by atoms with Crippen LogP contribution in [-0.2, 0) is 12.1 Å². The Morgan fingerprint density at radius 3 is 2.31 bits per heavy atom. The van der Waals surface area contributed by atoms with Gasteiger partial charge < -0.3 is 10.2 Å². The monoisotopic (exact) mass is 419 g/mol. The minimum atomic E-state index is -0.385. The van der Waals surface area contributed by atoms with Crippen molar-refractivity contribution < 1.29 is 0 Å². The summed E-state index contributed by atoms with van der Waals surface area (Å²) in [5, 5.41) is 6.36. The van der Waals surface area contributed by atoms with E-state index in [1.54, 1.807) is 0 Å². The van der Waals surface area contributed by atoms with Crippen molar-refractivity contribution in [2.24, 2.45) is 4.99 Å². The van der Waals surface area contributed by atoms with Gasteiger partial charge in [0.1, 0.15) is 5.84 Å². The topological polar surface area (TPSA) is 27.6 Å². The van der Waals surface area contributed by atoms with Gasteiger partial charge in [0, 0.05) is 17.6 Å². The quantitative estimate of drug-likeness (QED) is 0.429. The molecular weight excluding hydrogens is 390 g/mol. The third kappa shape index (κ3) is 3.92. The molecule has 3 nitrogen and oxygen atoms in total. The van der Waals surface area contributed by atoms with Crippen LogP contribution in [0.3, 0.4) is 0 Å². The van der Waals surface area contributed by atoms with E-state index in [4.69, 9.17) is 4.99 Å². The lowest BCUT2D eigenvalue weighted by Gasteiger charge is -2.37. The largest absolute Gasteiger partial charge is 0.328 e. The molecule has 1 unspecified atom stereocenters. The molecule has 4 aromatic rings. The van der Waals surface area contributed by atoms with Crippen LogP contribution in [0.25, 0.3) is 10.8 Å². The van der Waals surface area contributed by atoms with E-state index in [-0.39, 0.29) is 5.54 Å². The van der Waals surface area contributed by atoms with Crippen molar-refractivity contribution in [1.29, 1.82) is 0 Å². The van der Waals surface area contributed by atoms with Crippen LogP contribution in [-0.4, -0.2) is 18.9 Å². The Kier molecular flexibility index (Phi) is 5.74. The summed E-state index contributed by atoms with van der Waals surface area (Å²) in [4.78, 5) is 7.73. The van der Waals surface area contributed by atoms with Gasteiger partial charge in [0.15, 0.2) is 0 Å². The van der Waals surface area contributed by atoms with Gasteiger partial charge >= 0.3 is 0 Å². The molecule has 0 spiro atoms. The Balaban J connectivity index is 1.68. The standard InChI is InChI=1S/C29H29N3/c1-29(25-16-6-3-7-17-25)28(30-22-23-12-4-2-5-13-23)32(21-11-20-31-29)27-19-10-15-24-14-8-9-18-26(24)27/h2-10,12-19,31H,11,20-22H2,1H3/b30-28-. The van der Waals surface area contributed by atoms with Crippen molar-refractivity contribution in [2.45, 2.75) is 25.4 Å². The summed E-state index contributed by atoms with van der Waals surface area (Å²) in [5.74, 6) is 1.07. The summed E-state index contributed by atoms with van der Waals surface area (Å²) in [6.07, 6.45) is 1.05. The van der Waals surface area contributed by atoms with Crippen LogP contribution in [0.5, 0.6) is 0 Å². The van der Waals surface area contributed by atoms with Crippen LogP contribution in [0.1, 0.15) is 24.5 Å². The third-order valence-corrected chi connectivity index (χ3v) is 6.40. The molecule has 5 rings (SSSR count). The summed E-state index contributed by atoms with van der Waals surface area (Å²) >= 11 is 0. The zero-order chi connectivity index (χ0) is 21.8. The fourth-order valence-electron chi connectivity index (χ4n) is 4.70. The first kappa shape index (κ1) is 20.5. The van der Waals surface area contributed by atoms with E-state index in [1.807, 2.05) is 0 Å². The fourth-order valence-corrected chi connectivity index (χ4v) is 4.70. The lowest BCUT2D eigenvalue weighted by atomic mass is 9.89. The molecule has 0 saturated carbocycles. The molecule has 0 amide bonds. The minimum absolute atomic E-state index is 0.385. The van der Waals surface area contributed by atoms with E-state index in [0.717, 1.165) is 25.3 Å². The molecular formula is C29H29N3. The van der Waals surface area contributed by atoms with Gasteiger partial charge in [-0.05, 0) is 42.5 Å². The maximum absolute atomic E-state index is 5.29. The summed E-state index contributed by atoms with van der Waals surface area (Å²) in [6.45, 7) is 4.80. The number of rotatable bonds is 4. The van der Waals surface area contributed by atoms with Gasteiger partial charge in [-0.25, -0.2) is 0 Å². The Labute approximate surface area is 190 Å². The number of anilines is 1. The van der Waals surface area contributed by atoms with Crippen molar-refractivity contribution in [3.8, 4) is 0 Å². The molecule has 1 heterocycles. The predicted octanol–water partition coefficient (Wildman–Crippen LogP) is 6.15. The van der Waals surface area contributed by atoms with Crippen LogP contribution in [0, 0.1) is 0 Å². The fraction of sp³-hybridized carbons (Fsp3) is 0.207. The Morgan fingerprint density at radius 2 is 1.50 bits per heavy atom. The number of benzene rings is 4. The molecule has 1 aliphatic heterocycles. The first-order chi connectivity index (χ1) is 15.8. The van der Waals surface area contributed by atoms with Crippen LogP contribution in [0.15, 0.2) is 108 Å². The summed E-state index contributed by atoms with van der Waals surface area (Å²) in [5.41, 5.74) is 3.29. The zero-order valence-electron chi connectivity index (χ0n) is 18.5. The van der Waals surface area contributed by atoms with Gasteiger partial charge in [-0.1, -0.05) is 97.1 Å². The second-order valence-electron chi connectivity index (χ2n) is 8.55. The van der Waals surface area contributed by atoms with E-state index in [9.17, 15) is 0 Å². The number of aliphatic imine (C=N–C) groups is 1. The number of nitrogens with zero attached hydrogens (tertiary/aromatic N) is 2. The zero-order valence-corrected chi connectivity index (χ0v) is 18.5. The number of amidine groups is 1. The van der Waals surface area contributed by atoms with Crippen LogP contribution in [0.2, 0.25) is 0 Å². The van der Waals surface area contributed by atoms with Crippen LogP contribution in [0.4, 0.5) is 5.69 Å². The molecule has 0 aliphatic carbocycles. The van der Waals surface area contributed by atoms with Crippen molar-refractivity contribution in [2.75, 3.05) is 18.0 Å². The average molecular weight is 420 g/mol. The van der Waals surface area contributed by atoms with Gasteiger partial charge in [-0.15, -0.1) is 0 Å². The second kappa shape index (κ2) is 8.97. The molecule has 0 aromatic heterocycles. The molecule has 1 atom stereocenters. The molecule has 1 N–H and O–H groups in total. The van der Waals surface area contributed by atoms with Gasteiger partial charge in [-0.2, -0.15) is 0 Å². The predicted molar refractivity (Wildman–Crippen MR) is 135 cm³/mol. The SMILES string of the molecule is CC1(c2ccccc2)NCCCN(c2cccc3ccccc23)/C1=N\Cc1ccccc1. The summed E-state index contributed by atoms with van der Waals surface area (Å²) in [6, 6.07) is 36.5. The second-order valence-corrected chi connectivity index (χ2v) is 8.55. The first-order valence-electron chi connectivity index (χ1n) is 11.4. The van der Waals surface area contributed by atoms with Crippen LogP contribution < -0.4 is 10.2 Å². The molecule has 0 bridgehead atoms. The van der Waals surface area contributed by atoms with E-state index in [0.29, 0.717) is 6.54 Å². The highest BCUT2D eigenvalue weighted by Crippen LogP contribution is 2.34. The van der Waals surface area contributed by atoms with Gasteiger partial charge in [0.25, 0.3) is 0 Å². The van der Waals surface area contributed by atoms with Crippen molar-refractivity contribution in [3.63, 3.8) is 0 Å². The molecule has 32 heavy (non-hydrogen) atoms. The smallest absolute Gasteiger partial charge is 0.129 e. The van der Waals surface area contributed by atoms with Crippen LogP contribution >= 0.6 is 0 Å². The molecule has 1 aliphatic rings. The highest BCUT2D eigenvalue weighted by Gasteiger charge is 2.38. The highest BCUT2D eigenvalue weighted by molar-refractivity contribution is 6.10. The van der Waals surface area contributed by atoms with Gasteiger partial charge in [0.2, 0.25) is 0 Å². The van der Waals surface area contributed by atoms with E-state index >= 15 is 0 Å². The highest BCUT2D eigenvalue weighted by atomic mass is 15.3. The molecule has 4 aromatic carbocycles. The molecule has 160 valence electrons. The minimum Gasteiger partial charge on any atom is -0.328 e. The van der Waals surface area contributed by atoms with Crippen molar-refractivity contribution in [1.82, 2.24) is 5.32 Å². The molecule has 0 radical (unpaired) electrons. The molecule has 1 saturated heterocycles. The lowest BCUT2D eigenvalue weighted by molar-refractivity contribution is 0.493.